The molecule has 31 heavy (non-hydrogen) atoms. The van der Waals surface area contributed by atoms with Crippen LogP contribution >= 0.6 is 0 Å². The molecule has 0 aliphatic rings. The van der Waals surface area contributed by atoms with Crippen molar-refractivity contribution in [2.24, 2.45) is 0 Å². The van der Waals surface area contributed by atoms with Gasteiger partial charge in [-0.05, 0) is 30.7 Å². The van der Waals surface area contributed by atoms with Gasteiger partial charge in [-0.15, -0.1) is 0 Å². The smallest absolute Gasteiger partial charge is 0.338 e. The van der Waals surface area contributed by atoms with Crippen LogP contribution in [0.25, 0.3) is 22.2 Å². The maximum atomic E-state index is 12.6. The fraction of sp³-hybridized carbons (Fsp3) is 0.160. The van der Waals surface area contributed by atoms with E-state index in [0.717, 1.165) is 11.1 Å². The van der Waals surface area contributed by atoms with Gasteiger partial charge in [0.2, 0.25) is 0 Å². The van der Waals surface area contributed by atoms with Gasteiger partial charge in [0.25, 0.3) is 5.91 Å². The van der Waals surface area contributed by atoms with Gasteiger partial charge in [0.05, 0.1) is 17.0 Å². The zero-order chi connectivity index (χ0) is 21.8. The van der Waals surface area contributed by atoms with E-state index in [1.165, 1.54) is 0 Å². The van der Waals surface area contributed by atoms with Gasteiger partial charge in [0.15, 0.2) is 12.4 Å². The summed E-state index contributed by atoms with van der Waals surface area (Å²) in [5.41, 5.74) is 2.85. The monoisotopic (exact) mass is 414 g/mol. The number of carbonyl (C=O) groups is 2. The number of nitrogens with zero attached hydrogens (tertiary/aromatic N) is 2. The Morgan fingerprint density at radius 3 is 2.39 bits per heavy atom. The van der Waals surface area contributed by atoms with E-state index in [9.17, 15) is 9.59 Å². The first-order valence-electron chi connectivity index (χ1n) is 9.97. The van der Waals surface area contributed by atoms with E-state index in [-0.39, 0.29) is 18.6 Å². The number of benzene rings is 3. The van der Waals surface area contributed by atoms with Crippen molar-refractivity contribution in [2.45, 2.75) is 13.0 Å². The predicted molar refractivity (Wildman–Crippen MR) is 117 cm³/mol. The van der Waals surface area contributed by atoms with Crippen molar-refractivity contribution in [2.75, 3.05) is 13.7 Å². The normalized spacial score (nSPS) is 11.8. The number of likely N-dealkylation sites (N-methyl/N-ethyl adjacent to an activating group) is 1. The Labute approximate surface area is 180 Å². The molecule has 0 N–H and O–H groups in total. The fourth-order valence-corrected chi connectivity index (χ4v) is 3.35. The number of hydrogen-bond donors (Lipinski definition) is 0. The molecule has 1 amide bonds. The number of esters is 1. The Kier molecular flexibility index (Phi) is 5.80. The van der Waals surface area contributed by atoms with Crippen LogP contribution in [0.2, 0.25) is 0 Å². The zero-order valence-corrected chi connectivity index (χ0v) is 17.3. The lowest BCUT2D eigenvalue weighted by Crippen LogP contribution is -2.33. The van der Waals surface area contributed by atoms with Gasteiger partial charge in [-0.2, -0.15) is 0 Å². The molecule has 6 nitrogen and oxygen atoms in total. The average molecular weight is 414 g/mol. The number of ether oxygens (including phenoxy) is 1. The molecule has 0 unspecified atom stereocenters. The van der Waals surface area contributed by atoms with E-state index in [2.05, 4.69) is 5.16 Å². The largest absolute Gasteiger partial charge is 0.452 e. The van der Waals surface area contributed by atoms with Crippen LogP contribution in [-0.4, -0.2) is 35.6 Å². The molecule has 0 spiro atoms. The number of carbonyl (C=O) groups excluding carboxylic acids is 2. The van der Waals surface area contributed by atoms with Crippen LogP contribution in [0.15, 0.2) is 83.4 Å². The first kappa shape index (κ1) is 20.3. The molecule has 0 saturated heterocycles. The molecule has 3 aromatic carbocycles. The summed E-state index contributed by atoms with van der Waals surface area (Å²) in [6.45, 7) is 1.60. The number of amides is 1. The minimum atomic E-state index is -0.573. The van der Waals surface area contributed by atoms with Crippen LogP contribution < -0.4 is 0 Å². The maximum Gasteiger partial charge on any atom is 0.338 e. The van der Waals surface area contributed by atoms with Gasteiger partial charge in [-0.25, -0.2) is 4.79 Å². The van der Waals surface area contributed by atoms with Crippen LogP contribution in [0.3, 0.4) is 0 Å². The Bertz CT molecular complexity index is 1200. The molecule has 1 aromatic heterocycles. The van der Waals surface area contributed by atoms with Crippen molar-refractivity contribution in [3.8, 4) is 11.3 Å². The summed E-state index contributed by atoms with van der Waals surface area (Å²) in [7, 11) is 1.70. The highest BCUT2D eigenvalue weighted by Crippen LogP contribution is 2.29. The molecule has 1 heterocycles. The number of rotatable bonds is 6. The number of fused-ring (bicyclic) bond motifs is 1. The molecular weight excluding hydrogens is 392 g/mol. The molecule has 0 aliphatic heterocycles. The van der Waals surface area contributed by atoms with E-state index in [4.69, 9.17) is 9.26 Å². The summed E-state index contributed by atoms with van der Waals surface area (Å²) >= 11 is 0. The van der Waals surface area contributed by atoms with Gasteiger partial charge >= 0.3 is 5.97 Å². The first-order chi connectivity index (χ1) is 15.0. The second-order valence-electron chi connectivity index (χ2n) is 7.28. The summed E-state index contributed by atoms with van der Waals surface area (Å²) in [4.78, 5) is 26.7. The van der Waals surface area contributed by atoms with Crippen molar-refractivity contribution in [3.05, 3.63) is 90.0 Å². The van der Waals surface area contributed by atoms with Crippen molar-refractivity contribution >= 4 is 22.8 Å². The van der Waals surface area contributed by atoms with Crippen LogP contribution in [0.1, 0.15) is 28.9 Å². The quantitative estimate of drug-likeness (QED) is 0.421. The van der Waals surface area contributed by atoms with E-state index in [1.54, 1.807) is 30.1 Å². The van der Waals surface area contributed by atoms with E-state index in [1.807, 2.05) is 67.6 Å². The first-order valence-corrected chi connectivity index (χ1v) is 9.97. The fourth-order valence-electron chi connectivity index (χ4n) is 3.35. The van der Waals surface area contributed by atoms with Gasteiger partial charge in [0.1, 0.15) is 5.52 Å². The standard InChI is InChI=1S/C25H22N2O4/c1-17(18-9-5-3-6-10-18)27(2)23(28)16-30-25(29)20-13-14-22-21(15-20)24(31-26-22)19-11-7-4-8-12-19/h3-15,17H,16H2,1-2H3/t17-/m0/s1. The van der Waals surface area contributed by atoms with Crippen molar-refractivity contribution in [3.63, 3.8) is 0 Å². The van der Waals surface area contributed by atoms with Crippen molar-refractivity contribution < 1.29 is 18.8 Å². The predicted octanol–water partition coefficient (Wildman–Crippen LogP) is 4.87. The number of aromatic nitrogens is 1. The Balaban J connectivity index is 1.45. The van der Waals surface area contributed by atoms with Crippen LogP contribution in [0.4, 0.5) is 0 Å². The van der Waals surface area contributed by atoms with E-state index < -0.39 is 5.97 Å². The third-order valence-electron chi connectivity index (χ3n) is 5.33. The summed E-state index contributed by atoms with van der Waals surface area (Å²) in [6, 6.07) is 24.1. The van der Waals surface area contributed by atoms with Crippen LogP contribution in [0, 0.1) is 0 Å². The second-order valence-corrected chi connectivity index (χ2v) is 7.28. The molecule has 0 fully saturated rings. The second kappa shape index (κ2) is 8.83. The van der Waals surface area contributed by atoms with Gasteiger partial charge in [-0.3, -0.25) is 4.79 Å². The van der Waals surface area contributed by atoms with Gasteiger partial charge in [-0.1, -0.05) is 65.8 Å². The molecule has 0 bridgehead atoms. The topological polar surface area (TPSA) is 72.6 Å². The van der Waals surface area contributed by atoms with Gasteiger partial charge < -0.3 is 14.2 Å². The molecule has 0 radical (unpaired) electrons. The summed E-state index contributed by atoms with van der Waals surface area (Å²) in [6.07, 6.45) is 0. The SMILES string of the molecule is C[C@@H](c1ccccc1)N(C)C(=O)COC(=O)c1ccc2noc(-c3ccccc3)c2c1. The van der Waals surface area contributed by atoms with E-state index >= 15 is 0 Å². The molecule has 0 saturated carbocycles. The van der Waals surface area contributed by atoms with Crippen LogP contribution in [-0.2, 0) is 9.53 Å². The van der Waals surface area contributed by atoms with E-state index in [0.29, 0.717) is 22.2 Å². The molecule has 4 rings (SSSR count). The molecule has 1 atom stereocenters. The minimum Gasteiger partial charge on any atom is -0.452 e. The maximum absolute atomic E-state index is 12.6. The molecule has 156 valence electrons. The molecule has 0 aliphatic carbocycles. The van der Waals surface area contributed by atoms with Crippen molar-refractivity contribution in [1.82, 2.24) is 10.1 Å². The highest BCUT2D eigenvalue weighted by Gasteiger charge is 2.20. The van der Waals surface area contributed by atoms with Crippen LogP contribution in [0.5, 0.6) is 0 Å². The third kappa shape index (κ3) is 4.33. The molecular formula is C25H22N2O4. The highest BCUT2D eigenvalue weighted by molar-refractivity contribution is 5.99. The molecule has 4 aromatic rings. The number of hydrogen-bond acceptors (Lipinski definition) is 5. The lowest BCUT2D eigenvalue weighted by molar-refractivity contribution is -0.135. The zero-order valence-electron chi connectivity index (χ0n) is 17.3. The Morgan fingerprint density at radius 1 is 1.00 bits per heavy atom. The summed E-state index contributed by atoms with van der Waals surface area (Å²) < 4.78 is 10.8. The molecule has 6 heteroatoms. The minimum absolute atomic E-state index is 0.130. The lowest BCUT2D eigenvalue weighted by Gasteiger charge is -2.25. The van der Waals surface area contributed by atoms with Gasteiger partial charge in [0, 0.05) is 12.6 Å². The lowest BCUT2D eigenvalue weighted by atomic mass is 10.1. The highest BCUT2D eigenvalue weighted by atomic mass is 16.5. The summed E-state index contributed by atoms with van der Waals surface area (Å²) in [5, 5.41) is 4.76. The Hall–Kier alpha value is -3.93. The van der Waals surface area contributed by atoms with Crippen molar-refractivity contribution in [1.29, 1.82) is 0 Å². The summed E-state index contributed by atoms with van der Waals surface area (Å²) in [5.74, 6) is -0.269. The average Bonchev–Trinajstić information content (AvgIpc) is 3.25. The Morgan fingerprint density at radius 2 is 1.68 bits per heavy atom. The third-order valence-corrected chi connectivity index (χ3v) is 5.33.